The Morgan fingerprint density at radius 3 is 2.73 bits per heavy atom. The van der Waals surface area contributed by atoms with Crippen molar-refractivity contribution < 1.29 is 24.2 Å². The van der Waals surface area contributed by atoms with Gasteiger partial charge in [0.2, 0.25) is 5.95 Å². The molecule has 0 unspecified atom stereocenters. The molecule has 136 valence electrons. The number of ether oxygens (including phenoxy) is 2. The summed E-state index contributed by atoms with van der Waals surface area (Å²) in [6, 6.07) is 0.697. The average Bonchev–Trinajstić information content (AvgIpc) is 3.12. The van der Waals surface area contributed by atoms with Gasteiger partial charge in [-0.2, -0.15) is 0 Å². The van der Waals surface area contributed by atoms with Crippen molar-refractivity contribution in [2.24, 2.45) is 0 Å². The molecule has 4 rings (SSSR count). The van der Waals surface area contributed by atoms with Crippen LogP contribution in [0.1, 0.15) is 9.67 Å². The minimum Gasteiger partial charge on any atom is -0.485 e. The minimum absolute atomic E-state index is 0.121. The summed E-state index contributed by atoms with van der Waals surface area (Å²) in [5.74, 6) is -0.0301. The number of rotatable bonds is 3. The van der Waals surface area contributed by atoms with E-state index in [2.05, 4.69) is 9.97 Å². The third-order valence-electron chi connectivity index (χ3n) is 4.26. The van der Waals surface area contributed by atoms with Gasteiger partial charge in [-0.1, -0.05) is 0 Å². The van der Waals surface area contributed by atoms with E-state index in [0.29, 0.717) is 42.1 Å². The Kier molecular flexibility index (Phi) is 4.33. The lowest BCUT2D eigenvalue weighted by Crippen LogP contribution is -2.58. The fraction of sp³-hybridized carbons (Fsp3) is 0.375. The van der Waals surface area contributed by atoms with Gasteiger partial charge in [-0.05, 0) is 6.07 Å². The quantitative estimate of drug-likeness (QED) is 0.836. The Balaban J connectivity index is 1.57. The van der Waals surface area contributed by atoms with Crippen molar-refractivity contribution >= 4 is 29.2 Å². The lowest BCUT2D eigenvalue weighted by molar-refractivity contribution is -0.142. The number of carboxylic acid groups (broad SMARTS) is 1. The van der Waals surface area contributed by atoms with Gasteiger partial charge in [0.25, 0.3) is 5.91 Å². The van der Waals surface area contributed by atoms with E-state index in [1.54, 1.807) is 28.7 Å². The number of amides is 1. The molecule has 2 aromatic heterocycles. The van der Waals surface area contributed by atoms with Crippen LogP contribution < -0.4 is 14.4 Å². The van der Waals surface area contributed by atoms with Crippen molar-refractivity contribution in [3.63, 3.8) is 0 Å². The number of fused-ring (bicyclic) bond motifs is 1. The monoisotopic (exact) mass is 376 g/mol. The standard InChI is InChI=1S/C16H16N4O5S/c21-14(13-12-11(9-26-13)24-6-7-25-12)20-5-4-19(8-10(20)15(22)23)16-17-2-1-3-18-16/h1-3,9-10H,4-8H2,(H,22,23)/t10-/m1/s1. The molecule has 4 heterocycles. The van der Waals surface area contributed by atoms with Gasteiger partial charge < -0.3 is 24.4 Å². The summed E-state index contributed by atoms with van der Waals surface area (Å²) in [6.45, 7) is 1.62. The second kappa shape index (κ2) is 6.79. The van der Waals surface area contributed by atoms with E-state index in [9.17, 15) is 14.7 Å². The van der Waals surface area contributed by atoms with Crippen LogP contribution in [0.2, 0.25) is 0 Å². The topological polar surface area (TPSA) is 105 Å². The highest BCUT2D eigenvalue weighted by Crippen LogP contribution is 2.40. The number of carbonyl (C=O) groups is 2. The molecule has 2 aromatic rings. The summed E-state index contributed by atoms with van der Waals surface area (Å²) in [5.41, 5.74) is 0. The zero-order valence-corrected chi connectivity index (χ0v) is 14.5. The van der Waals surface area contributed by atoms with Crippen molar-refractivity contribution in [2.45, 2.75) is 6.04 Å². The molecule has 1 atom stereocenters. The number of anilines is 1. The van der Waals surface area contributed by atoms with Gasteiger partial charge >= 0.3 is 5.97 Å². The number of nitrogens with zero attached hydrogens (tertiary/aromatic N) is 4. The van der Waals surface area contributed by atoms with E-state index >= 15 is 0 Å². The fourth-order valence-electron chi connectivity index (χ4n) is 3.01. The highest BCUT2D eigenvalue weighted by molar-refractivity contribution is 7.12. The first-order chi connectivity index (χ1) is 12.6. The Bertz CT molecular complexity index is 827. The SMILES string of the molecule is O=C(O)[C@H]1CN(c2ncccn2)CCN1C(=O)c1scc2c1OCCO2. The molecule has 0 aliphatic carbocycles. The normalized spacial score (nSPS) is 19.3. The molecule has 1 fully saturated rings. The maximum Gasteiger partial charge on any atom is 0.328 e. The number of aromatic nitrogens is 2. The summed E-state index contributed by atoms with van der Waals surface area (Å²) in [6.07, 6.45) is 3.20. The van der Waals surface area contributed by atoms with Crippen LogP contribution in [-0.4, -0.2) is 70.7 Å². The number of piperazine rings is 1. The summed E-state index contributed by atoms with van der Waals surface area (Å²) < 4.78 is 11.0. The van der Waals surface area contributed by atoms with Crippen LogP contribution in [0.3, 0.4) is 0 Å². The fourth-order valence-corrected chi connectivity index (χ4v) is 3.90. The van der Waals surface area contributed by atoms with Crippen molar-refractivity contribution in [1.29, 1.82) is 0 Å². The lowest BCUT2D eigenvalue weighted by Gasteiger charge is -2.39. The third kappa shape index (κ3) is 2.92. The number of carbonyl (C=O) groups excluding carboxylic acids is 1. The number of hydrogen-bond acceptors (Lipinski definition) is 8. The molecule has 9 nitrogen and oxygen atoms in total. The largest absolute Gasteiger partial charge is 0.485 e. The van der Waals surface area contributed by atoms with E-state index in [4.69, 9.17) is 9.47 Å². The molecule has 0 radical (unpaired) electrons. The molecular formula is C16H16N4O5S. The highest BCUT2D eigenvalue weighted by atomic mass is 32.1. The maximum atomic E-state index is 13.0. The van der Waals surface area contributed by atoms with Crippen LogP contribution in [0.5, 0.6) is 11.5 Å². The Hall–Kier alpha value is -2.88. The van der Waals surface area contributed by atoms with Crippen LogP contribution in [0.4, 0.5) is 5.95 Å². The molecule has 0 saturated carbocycles. The van der Waals surface area contributed by atoms with Gasteiger partial charge in [0.1, 0.15) is 24.1 Å². The molecule has 1 saturated heterocycles. The molecule has 1 amide bonds. The van der Waals surface area contributed by atoms with Crippen LogP contribution in [-0.2, 0) is 4.79 Å². The lowest BCUT2D eigenvalue weighted by atomic mass is 10.1. The highest BCUT2D eigenvalue weighted by Gasteiger charge is 2.38. The zero-order valence-electron chi connectivity index (χ0n) is 13.7. The first kappa shape index (κ1) is 16.6. The van der Waals surface area contributed by atoms with E-state index in [0.717, 1.165) is 0 Å². The molecule has 0 bridgehead atoms. The number of aliphatic carboxylic acids is 1. The van der Waals surface area contributed by atoms with Crippen LogP contribution >= 0.6 is 11.3 Å². The average molecular weight is 376 g/mol. The van der Waals surface area contributed by atoms with Crippen LogP contribution in [0, 0.1) is 0 Å². The van der Waals surface area contributed by atoms with E-state index in [1.165, 1.54) is 16.2 Å². The Morgan fingerprint density at radius 1 is 1.19 bits per heavy atom. The smallest absolute Gasteiger partial charge is 0.328 e. The van der Waals surface area contributed by atoms with Crippen molar-refractivity contribution in [2.75, 3.05) is 37.7 Å². The summed E-state index contributed by atoms with van der Waals surface area (Å²) >= 11 is 1.21. The first-order valence-electron chi connectivity index (χ1n) is 8.08. The van der Waals surface area contributed by atoms with E-state index in [1.807, 2.05) is 0 Å². The van der Waals surface area contributed by atoms with Crippen LogP contribution in [0.15, 0.2) is 23.8 Å². The Labute approximate surface area is 152 Å². The van der Waals surface area contributed by atoms with Crippen molar-refractivity contribution in [3.05, 3.63) is 28.7 Å². The summed E-state index contributed by atoms with van der Waals surface area (Å²) in [7, 11) is 0. The van der Waals surface area contributed by atoms with Gasteiger partial charge in [0.05, 0.1) is 6.54 Å². The second-order valence-electron chi connectivity index (χ2n) is 5.80. The summed E-state index contributed by atoms with van der Waals surface area (Å²) in [5, 5.41) is 11.4. The van der Waals surface area contributed by atoms with Crippen molar-refractivity contribution in [3.8, 4) is 11.5 Å². The molecule has 0 aromatic carbocycles. The van der Waals surface area contributed by atoms with Gasteiger partial charge in [0.15, 0.2) is 11.5 Å². The second-order valence-corrected chi connectivity index (χ2v) is 6.68. The maximum absolute atomic E-state index is 13.0. The molecular weight excluding hydrogens is 360 g/mol. The third-order valence-corrected chi connectivity index (χ3v) is 5.18. The molecule has 26 heavy (non-hydrogen) atoms. The van der Waals surface area contributed by atoms with Gasteiger partial charge in [-0.25, -0.2) is 14.8 Å². The molecule has 1 N–H and O–H groups in total. The van der Waals surface area contributed by atoms with Crippen LogP contribution in [0.25, 0.3) is 0 Å². The van der Waals surface area contributed by atoms with Gasteiger partial charge in [-0.3, -0.25) is 4.79 Å². The number of thiophene rings is 1. The predicted molar refractivity (Wildman–Crippen MR) is 92.0 cm³/mol. The molecule has 0 spiro atoms. The summed E-state index contributed by atoms with van der Waals surface area (Å²) in [4.78, 5) is 36.6. The van der Waals surface area contributed by atoms with E-state index in [-0.39, 0.29) is 19.0 Å². The van der Waals surface area contributed by atoms with Crippen molar-refractivity contribution in [1.82, 2.24) is 14.9 Å². The molecule has 10 heteroatoms. The zero-order chi connectivity index (χ0) is 18.1. The molecule has 2 aliphatic heterocycles. The minimum atomic E-state index is -1.07. The van der Waals surface area contributed by atoms with Gasteiger partial charge in [0, 0.05) is 30.9 Å². The van der Waals surface area contributed by atoms with Gasteiger partial charge in [-0.15, -0.1) is 11.3 Å². The predicted octanol–water partition coefficient (Wildman–Crippen LogP) is 0.725. The molecule has 2 aliphatic rings. The Morgan fingerprint density at radius 2 is 1.96 bits per heavy atom. The van der Waals surface area contributed by atoms with E-state index < -0.39 is 12.0 Å². The first-order valence-corrected chi connectivity index (χ1v) is 8.96. The number of hydrogen-bond donors (Lipinski definition) is 1. The number of carboxylic acids is 1.